The molecule has 1 heterocycles. The summed E-state index contributed by atoms with van der Waals surface area (Å²) in [6.45, 7) is 0.744. The van der Waals surface area contributed by atoms with Gasteiger partial charge in [-0.15, -0.1) is 0 Å². The molecule has 1 saturated carbocycles. The van der Waals surface area contributed by atoms with Crippen molar-refractivity contribution in [3.63, 3.8) is 0 Å². The van der Waals surface area contributed by atoms with Gasteiger partial charge in [-0.05, 0) is 24.0 Å². The second-order valence-electron chi connectivity index (χ2n) is 4.30. The highest BCUT2D eigenvalue weighted by Gasteiger charge is 2.36. The normalized spacial score (nSPS) is 17.2. The SMILES string of the molecule is N#Cc1ncn(CC2(CS)CCC2)c1C#N. The molecule has 82 valence electrons. The van der Waals surface area contributed by atoms with Gasteiger partial charge in [-0.1, -0.05) is 6.42 Å². The third-order valence-electron chi connectivity index (χ3n) is 3.30. The number of nitrogens with zero attached hydrogens (tertiary/aromatic N) is 4. The average Bonchev–Trinajstić information content (AvgIpc) is 2.65. The summed E-state index contributed by atoms with van der Waals surface area (Å²) in [5, 5.41) is 17.8. The number of nitriles is 2. The van der Waals surface area contributed by atoms with E-state index in [2.05, 4.69) is 17.6 Å². The summed E-state index contributed by atoms with van der Waals surface area (Å²) in [5.41, 5.74) is 0.786. The van der Waals surface area contributed by atoms with Crippen molar-refractivity contribution < 1.29 is 0 Å². The number of hydrogen-bond donors (Lipinski definition) is 1. The minimum absolute atomic E-state index is 0.197. The van der Waals surface area contributed by atoms with E-state index in [0.29, 0.717) is 5.69 Å². The highest BCUT2D eigenvalue weighted by molar-refractivity contribution is 7.80. The fraction of sp³-hybridized carbons (Fsp3) is 0.545. The molecule has 0 aliphatic heterocycles. The first-order chi connectivity index (χ1) is 7.74. The summed E-state index contributed by atoms with van der Waals surface area (Å²) in [4.78, 5) is 3.94. The Morgan fingerprint density at radius 2 is 2.19 bits per heavy atom. The Hall–Kier alpha value is -1.46. The summed E-state index contributed by atoms with van der Waals surface area (Å²) in [5.74, 6) is 0.817. The molecule has 0 N–H and O–H groups in total. The van der Waals surface area contributed by atoms with E-state index in [0.717, 1.165) is 25.1 Å². The average molecular weight is 232 g/mol. The second kappa shape index (κ2) is 4.19. The second-order valence-corrected chi connectivity index (χ2v) is 4.62. The quantitative estimate of drug-likeness (QED) is 0.807. The summed E-state index contributed by atoms with van der Waals surface area (Å²) in [7, 11) is 0. The number of imidazole rings is 1. The lowest BCUT2D eigenvalue weighted by molar-refractivity contribution is 0.138. The van der Waals surface area contributed by atoms with Crippen LogP contribution in [0.3, 0.4) is 0 Å². The number of thiol groups is 1. The lowest BCUT2D eigenvalue weighted by Gasteiger charge is -2.41. The molecule has 16 heavy (non-hydrogen) atoms. The molecular formula is C11H12N4S. The zero-order chi connectivity index (χ0) is 11.6. The molecule has 0 saturated heterocycles. The van der Waals surface area contributed by atoms with E-state index in [1.807, 2.05) is 12.1 Å². The molecule has 0 bridgehead atoms. The molecule has 0 spiro atoms. The zero-order valence-corrected chi connectivity index (χ0v) is 9.74. The Balaban J connectivity index is 2.26. The van der Waals surface area contributed by atoms with Crippen LogP contribution in [0.4, 0.5) is 0 Å². The van der Waals surface area contributed by atoms with Gasteiger partial charge < -0.3 is 4.57 Å². The van der Waals surface area contributed by atoms with Gasteiger partial charge in [-0.3, -0.25) is 0 Å². The van der Waals surface area contributed by atoms with E-state index >= 15 is 0 Å². The van der Waals surface area contributed by atoms with Crippen molar-refractivity contribution in [3.05, 3.63) is 17.7 Å². The van der Waals surface area contributed by atoms with E-state index in [4.69, 9.17) is 10.5 Å². The van der Waals surface area contributed by atoms with Crippen LogP contribution in [0.25, 0.3) is 0 Å². The predicted octanol–water partition coefficient (Wildman–Crippen LogP) is 1.73. The molecule has 0 aromatic carbocycles. The largest absolute Gasteiger partial charge is 0.321 e. The molecule has 1 aromatic heterocycles. The van der Waals surface area contributed by atoms with Gasteiger partial charge in [0.1, 0.15) is 12.1 Å². The Morgan fingerprint density at radius 1 is 1.44 bits per heavy atom. The molecule has 1 fully saturated rings. The molecule has 1 aromatic rings. The van der Waals surface area contributed by atoms with Gasteiger partial charge in [0.05, 0.1) is 6.33 Å². The molecule has 1 aliphatic rings. The monoisotopic (exact) mass is 232 g/mol. The fourth-order valence-electron chi connectivity index (χ4n) is 2.11. The maximum atomic E-state index is 9.00. The lowest BCUT2D eigenvalue weighted by Crippen LogP contribution is -2.36. The molecular weight excluding hydrogens is 220 g/mol. The van der Waals surface area contributed by atoms with Crippen LogP contribution in [0.2, 0.25) is 0 Å². The van der Waals surface area contributed by atoms with Crippen LogP contribution in [-0.4, -0.2) is 15.3 Å². The first-order valence-electron chi connectivity index (χ1n) is 5.21. The molecule has 4 nitrogen and oxygen atoms in total. The highest BCUT2D eigenvalue weighted by atomic mass is 32.1. The van der Waals surface area contributed by atoms with Gasteiger partial charge >= 0.3 is 0 Å². The zero-order valence-electron chi connectivity index (χ0n) is 8.85. The molecule has 2 rings (SSSR count). The first kappa shape index (κ1) is 11.0. The summed E-state index contributed by atoms with van der Waals surface area (Å²) in [6.07, 6.45) is 5.09. The minimum atomic E-state index is 0.197. The topological polar surface area (TPSA) is 65.4 Å². The predicted molar refractivity (Wildman–Crippen MR) is 61.8 cm³/mol. The summed E-state index contributed by atoms with van der Waals surface area (Å²) in [6, 6.07) is 3.98. The van der Waals surface area contributed by atoms with Crippen LogP contribution < -0.4 is 0 Å². The van der Waals surface area contributed by atoms with Gasteiger partial charge in [0.15, 0.2) is 11.4 Å². The van der Waals surface area contributed by atoms with Gasteiger partial charge in [-0.25, -0.2) is 4.98 Å². The molecule has 0 radical (unpaired) electrons. The third-order valence-corrected chi connectivity index (χ3v) is 3.98. The molecule has 0 unspecified atom stereocenters. The Bertz CT molecular complexity index is 468. The maximum Gasteiger partial charge on any atom is 0.176 e. The van der Waals surface area contributed by atoms with Crippen LogP contribution in [0.5, 0.6) is 0 Å². The Labute approximate surface area is 99.9 Å². The van der Waals surface area contributed by atoms with E-state index in [9.17, 15) is 0 Å². The minimum Gasteiger partial charge on any atom is -0.321 e. The number of aromatic nitrogens is 2. The standard InChI is InChI=1S/C11H12N4S/c12-4-9-10(5-13)15(8-14-9)6-11(7-16)2-1-3-11/h8,16H,1-3,6-7H2. The molecule has 5 heteroatoms. The van der Waals surface area contributed by atoms with E-state index in [1.165, 1.54) is 6.42 Å². The van der Waals surface area contributed by atoms with E-state index in [-0.39, 0.29) is 11.1 Å². The fourth-order valence-corrected chi connectivity index (χ4v) is 2.52. The van der Waals surface area contributed by atoms with E-state index < -0.39 is 0 Å². The van der Waals surface area contributed by atoms with Gasteiger partial charge in [0.25, 0.3) is 0 Å². The summed E-state index contributed by atoms with van der Waals surface area (Å²) >= 11 is 4.37. The smallest absolute Gasteiger partial charge is 0.176 e. The third kappa shape index (κ3) is 1.68. The van der Waals surface area contributed by atoms with Gasteiger partial charge in [0.2, 0.25) is 0 Å². The van der Waals surface area contributed by atoms with Crippen LogP contribution >= 0.6 is 12.6 Å². The first-order valence-corrected chi connectivity index (χ1v) is 5.84. The number of hydrogen-bond acceptors (Lipinski definition) is 4. The summed E-state index contributed by atoms with van der Waals surface area (Å²) < 4.78 is 1.79. The Morgan fingerprint density at radius 3 is 2.62 bits per heavy atom. The van der Waals surface area contributed by atoms with Crippen molar-refractivity contribution in [1.82, 2.24) is 9.55 Å². The van der Waals surface area contributed by atoms with Crippen LogP contribution in [0, 0.1) is 28.1 Å². The van der Waals surface area contributed by atoms with Crippen LogP contribution in [-0.2, 0) is 6.54 Å². The Kier molecular flexibility index (Phi) is 2.89. The van der Waals surface area contributed by atoms with Crippen molar-refractivity contribution in [2.45, 2.75) is 25.8 Å². The van der Waals surface area contributed by atoms with Crippen molar-refractivity contribution in [2.75, 3.05) is 5.75 Å². The van der Waals surface area contributed by atoms with Crippen molar-refractivity contribution in [3.8, 4) is 12.1 Å². The van der Waals surface area contributed by atoms with Crippen molar-refractivity contribution in [1.29, 1.82) is 10.5 Å². The highest BCUT2D eigenvalue weighted by Crippen LogP contribution is 2.43. The molecule has 0 atom stereocenters. The van der Waals surface area contributed by atoms with Crippen LogP contribution in [0.1, 0.15) is 30.7 Å². The molecule has 1 aliphatic carbocycles. The van der Waals surface area contributed by atoms with Gasteiger partial charge in [-0.2, -0.15) is 23.2 Å². The van der Waals surface area contributed by atoms with E-state index in [1.54, 1.807) is 10.9 Å². The van der Waals surface area contributed by atoms with Crippen molar-refractivity contribution >= 4 is 12.6 Å². The van der Waals surface area contributed by atoms with Gasteiger partial charge in [0, 0.05) is 6.54 Å². The lowest BCUT2D eigenvalue weighted by atomic mass is 9.70. The van der Waals surface area contributed by atoms with Crippen molar-refractivity contribution in [2.24, 2.45) is 5.41 Å². The van der Waals surface area contributed by atoms with Crippen LogP contribution in [0.15, 0.2) is 6.33 Å². The number of rotatable bonds is 3. The maximum absolute atomic E-state index is 9.00. The molecule has 0 amide bonds.